The highest BCUT2D eigenvalue weighted by Crippen LogP contribution is 2.28. The number of fused-ring (bicyclic) bond motifs is 1. The van der Waals surface area contributed by atoms with Gasteiger partial charge < -0.3 is 10.2 Å². The van der Waals surface area contributed by atoms with Gasteiger partial charge >= 0.3 is 0 Å². The minimum absolute atomic E-state index is 1.01. The molecule has 4 nitrogen and oxygen atoms in total. The molecule has 0 spiro atoms. The van der Waals surface area contributed by atoms with E-state index in [9.17, 15) is 0 Å². The predicted octanol–water partition coefficient (Wildman–Crippen LogP) is 2.44. The standard InChI is InChI=1S/C17H18N4/c1-2-6-14(7-3-1)21-16-9-5-4-8-15(16)17(19-21)20-12-10-18-11-13-20/h1-9,18H,10-13H2. The topological polar surface area (TPSA) is 33.1 Å². The lowest BCUT2D eigenvalue weighted by Gasteiger charge is -2.27. The molecule has 1 N–H and O–H groups in total. The van der Waals surface area contributed by atoms with Crippen LogP contribution >= 0.6 is 0 Å². The second-order valence-corrected chi connectivity index (χ2v) is 5.33. The number of aromatic nitrogens is 2. The summed E-state index contributed by atoms with van der Waals surface area (Å²) in [5, 5.41) is 9.52. The van der Waals surface area contributed by atoms with Crippen LogP contribution in [0.5, 0.6) is 0 Å². The lowest BCUT2D eigenvalue weighted by Crippen LogP contribution is -2.43. The molecule has 21 heavy (non-hydrogen) atoms. The van der Waals surface area contributed by atoms with E-state index < -0.39 is 0 Å². The van der Waals surface area contributed by atoms with Crippen LogP contribution in [0.15, 0.2) is 54.6 Å². The van der Waals surface area contributed by atoms with E-state index in [2.05, 4.69) is 58.7 Å². The molecule has 0 radical (unpaired) electrons. The molecule has 3 aromatic rings. The highest BCUT2D eigenvalue weighted by molar-refractivity contribution is 5.91. The Morgan fingerprint density at radius 3 is 2.38 bits per heavy atom. The van der Waals surface area contributed by atoms with E-state index in [1.165, 1.54) is 5.39 Å². The van der Waals surface area contributed by atoms with Crippen LogP contribution in [0, 0.1) is 0 Å². The third-order valence-corrected chi connectivity index (χ3v) is 3.99. The maximum absolute atomic E-state index is 4.90. The van der Waals surface area contributed by atoms with Crippen LogP contribution < -0.4 is 10.2 Å². The summed E-state index contributed by atoms with van der Waals surface area (Å²) in [6, 6.07) is 18.8. The van der Waals surface area contributed by atoms with Crippen LogP contribution in [0.1, 0.15) is 0 Å². The zero-order chi connectivity index (χ0) is 14.1. The first-order valence-electron chi connectivity index (χ1n) is 7.42. The molecule has 0 amide bonds. The van der Waals surface area contributed by atoms with Crippen LogP contribution in [-0.4, -0.2) is 36.0 Å². The van der Waals surface area contributed by atoms with E-state index in [1.54, 1.807) is 0 Å². The fourth-order valence-electron chi connectivity index (χ4n) is 2.93. The molecule has 1 aliphatic rings. The monoisotopic (exact) mass is 278 g/mol. The molecule has 106 valence electrons. The van der Waals surface area contributed by atoms with Crippen LogP contribution in [0.25, 0.3) is 16.6 Å². The number of anilines is 1. The zero-order valence-corrected chi connectivity index (χ0v) is 11.9. The lowest BCUT2D eigenvalue weighted by molar-refractivity contribution is 0.584. The summed E-state index contributed by atoms with van der Waals surface area (Å²) in [6.45, 7) is 4.06. The second kappa shape index (κ2) is 5.22. The van der Waals surface area contributed by atoms with Crippen molar-refractivity contribution in [2.75, 3.05) is 31.1 Å². The molecule has 4 rings (SSSR count). The first-order chi connectivity index (χ1) is 10.4. The Morgan fingerprint density at radius 2 is 1.57 bits per heavy atom. The molecule has 2 heterocycles. The molecule has 0 atom stereocenters. The van der Waals surface area contributed by atoms with E-state index in [4.69, 9.17) is 5.10 Å². The van der Waals surface area contributed by atoms with Gasteiger partial charge in [0.1, 0.15) is 0 Å². The van der Waals surface area contributed by atoms with Gasteiger partial charge in [0.15, 0.2) is 5.82 Å². The largest absolute Gasteiger partial charge is 0.352 e. The average Bonchev–Trinajstić information content (AvgIpc) is 2.96. The van der Waals surface area contributed by atoms with Gasteiger partial charge in [-0.15, -0.1) is 5.10 Å². The van der Waals surface area contributed by atoms with E-state index in [-0.39, 0.29) is 0 Å². The van der Waals surface area contributed by atoms with Crippen LogP contribution in [0.3, 0.4) is 0 Å². The summed E-state index contributed by atoms with van der Waals surface area (Å²) in [5.41, 5.74) is 2.27. The minimum Gasteiger partial charge on any atom is -0.352 e. The summed E-state index contributed by atoms with van der Waals surface area (Å²) in [5.74, 6) is 1.09. The van der Waals surface area contributed by atoms with Gasteiger partial charge in [-0.1, -0.05) is 30.3 Å². The number of rotatable bonds is 2. The minimum atomic E-state index is 1.01. The van der Waals surface area contributed by atoms with Crippen molar-refractivity contribution < 1.29 is 0 Å². The summed E-state index contributed by atoms with van der Waals surface area (Å²) in [4.78, 5) is 2.37. The Bertz CT molecular complexity index is 742. The molecule has 0 aliphatic carbocycles. The molecule has 0 saturated carbocycles. The number of hydrogen-bond donors (Lipinski definition) is 1. The van der Waals surface area contributed by atoms with Crippen molar-refractivity contribution in [3.05, 3.63) is 54.6 Å². The van der Waals surface area contributed by atoms with Gasteiger partial charge in [-0.3, -0.25) is 0 Å². The first-order valence-corrected chi connectivity index (χ1v) is 7.42. The number of nitrogens with one attached hydrogen (secondary N) is 1. The van der Waals surface area contributed by atoms with Gasteiger partial charge in [-0.05, 0) is 24.3 Å². The van der Waals surface area contributed by atoms with Crippen molar-refractivity contribution in [1.82, 2.24) is 15.1 Å². The Hall–Kier alpha value is -2.33. The van der Waals surface area contributed by atoms with Crippen molar-refractivity contribution >= 4 is 16.7 Å². The number of hydrogen-bond acceptors (Lipinski definition) is 3. The Labute approximate surface area is 124 Å². The van der Waals surface area contributed by atoms with E-state index >= 15 is 0 Å². The smallest absolute Gasteiger partial charge is 0.159 e. The predicted molar refractivity (Wildman–Crippen MR) is 86.2 cm³/mol. The van der Waals surface area contributed by atoms with E-state index in [1.807, 2.05) is 10.7 Å². The molecule has 4 heteroatoms. The Balaban J connectivity index is 1.88. The highest BCUT2D eigenvalue weighted by atomic mass is 15.4. The third-order valence-electron chi connectivity index (χ3n) is 3.99. The molecule has 2 aromatic carbocycles. The van der Waals surface area contributed by atoms with Crippen molar-refractivity contribution in [3.8, 4) is 5.69 Å². The van der Waals surface area contributed by atoms with Gasteiger partial charge in [-0.25, -0.2) is 4.68 Å². The fourth-order valence-corrected chi connectivity index (χ4v) is 2.93. The molecule has 1 aliphatic heterocycles. The zero-order valence-electron chi connectivity index (χ0n) is 11.9. The second-order valence-electron chi connectivity index (χ2n) is 5.33. The lowest BCUT2D eigenvalue weighted by atomic mass is 10.2. The summed E-state index contributed by atoms with van der Waals surface area (Å²) >= 11 is 0. The molecule has 0 bridgehead atoms. The highest BCUT2D eigenvalue weighted by Gasteiger charge is 2.18. The van der Waals surface area contributed by atoms with Gasteiger partial charge in [0.05, 0.1) is 11.2 Å². The summed E-state index contributed by atoms with van der Waals surface area (Å²) in [7, 11) is 0. The molecule has 0 unspecified atom stereocenters. The Morgan fingerprint density at radius 1 is 0.857 bits per heavy atom. The quantitative estimate of drug-likeness (QED) is 0.781. The van der Waals surface area contributed by atoms with Crippen molar-refractivity contribution in [3.63, 3.8) is 0 Å². The number of para-hydroxylation sites is 2. The first kappa shape index (κ1) is 12.4. The molecular weight excluding hydrogens is 260 g/mol. The van der Waals surface area contributed by atoms with E-state index in [0.717, 1.165) is 43.2 Å². The van der Waals surface area contributed by atoms with Crippen LogP contribution in [0.4, 0.5) is 5.82 Å². The molecule has 1 fully saturated rings. The Kier molecular flexibility index (Phi) is 3.09. The van der Waals surface area contributed by atoms with E-state index in [0.29, 0.717) is 0 Å². The normalized spacial score (nSPS) is 15.5. The van der Waals surface area contributed by atoms with Gasteiger partial charge in [-0.2, -0.15) is 0 Å². The average molecular weight is 278 g/mol. The molecular formula is C17H18N4. The molecule has 1 aromatic heterocycles. The number of piperazine rings is 1. The SMILES string of the molecule is c1ccc(-n2nc(N3CCNCC3)c3ccccc32)cc1. The third kappa shape index (κ3) is 2.17. The van der Waals surface area contributed by atoms with Crippen molar-refractivity contribution in [2.45, 2.75) is 0 Å². The van der Waals surface area contributed by atoms with Crippen LogP contribution in [-0.2, 0) is 0 Å². The maximum atomic E-state index is 4.90. The van der Waals surface area contributed by atoms with Crippen LogP contribution in [0.2, 0.25) is 0 Å². The van der Waals surface area contributed by atoms with Gasteiger partial charge in [0.25, 0.3) is 0 Å². The summed E-state index contributed by atoms with van der Waals surface area (Å²) < 4.78 is 2.05. The summed E-state index contributed by atoms with van der Waals surface area (Å²) in [6.07, 6.45) is 0. The molecule has 1 saturated heterocycles. The van der Waals surface area contributed by atoms with Gasteiger partial charge in [0, 0.05) is 31.6 Å². The van der Waals surface area contributed by atoms with Gasteiger partial charge in [0.2, 0.25) is 0 Å². The van der Waals surface area contributed by atoms with Crippen molar-refractivity contribution in [2.24, 2.45) is 0 Å². The number of benzene rings is 2. The fraction of sp³-hybridized carbons (Fsp3) is 0.235. The van der Waals surface area contributed by atoms with Crippen molar-refractivity contribution in [1.29, 1.82) is 0 Å². The number of nitrogens with zero attached hydrogens (tertiary/aromatic N) is 3. The maximum Gasteiger partial charge on any atom is 0.159 e.